The molecule has 3 rings (SSSR count). The van der Waals surface area contributed by atoms with Crippen LogP contribution in [-0.4, -0.2) is 43.1 Å². The van der Waals surface area contributed by atoms with Crippen LogP contribution in [0.1, 0.15) is 74.6 Å². The zero-order chi connectivity index (χ0) is 20.5. The monoisotopic (exact) mass is 403 g/mol. The third kappa shape index (κ3) is 6.42. The van der Waals surface area contributed by atoms with E-state index in [0.717, 1.165) is 44.9 Å². The Kier molecular flexibility index (Phi) is 8.28. The molecule has 0 aromatic heterocycles. The van der Waals surface area contributed by atoms with Crippen molar-refractivity contribution in [2.24, 2.45) is 0 Å². The molecule has 0 atom stereocenters. The number of benzene rings is 1. The lowest BCUT2D eigenvalue weighted by atomic mass is 9.95. The summed E-state index contributed by atoms with van der Waals surface area (Å²) < 4.78 is 0. The fourth-order valence-electron chi connectivity index (χ4n) is 4.52. The van der Waals surface area contributed by atoms with Gasteiger partial charge in [-0.3, -0.25) is 14.9 Å². The average Bonchev–Trinajstić information content (AvgIpc) is 3.03. The number of hydrogen-bond donors (Lipinski definition) is 2. The maximum atomic E-state index is 12.5. The maximum Gasteiger partial charge on any atom is 0.293 e. The van der Waals surface area contributed by atoms with Crippen LogP contribution in [0.4, 0.5) is 11.4 Å². The average molecular weight is 404 g/mol. The Hall–Kier alpha value is -2.15. The van der Waals surface area contributed by atoms with Gasteiger partial charge in [0.15, 0.2) is 0 Å². The minimum absolute atomic E-state index is 0.0326. The molecule has 7 nitrogen and oxygen atoms in total. The van der Waals surface area contributed by atoms with Gasteiger partial charge in [0.05, 0.1) is 17.5 Å². The molecule has 0 unspecified atom stereocenters. The van der Waals surface area contributed by atoms with E-state index in [0.29, 0.717) is 17.8 Å². The molecule has 0 radical (unpaired) electrons. The molecule has 29 heavy (non-hydrogen) atoms. The first kappa shape index (κ1) is 21.6. The summed E-state index contributed by atoms with van der Waals surface area (Å²) in [6, 6.07) is 5.64. The normalized spacial score (nSPS) is 18.3. The summed E-state index contributed by atoms with van der Waals surface area (Å²) in [6.07, 6.45) is 12.0. The molecule has 2 fully saturated rings. The second-order valence-electron chi connectivity index (χ2n) is 8.39. The predicted molar refractivity (Wildman–Crippen MR) is 114 cm³/mol. The fourth-order valence-corrected chi connectivity index (χ4v) is 4.52. The molecule has 1 aliphatic carbocycles. The largest absolute Gasteiger partial charge is 0.366 e. The molecule has 0 bridgehead atoms. The molecular weight excluding hydrogens is 368 g/mol. The summed E-state index contributed by atoms with van der Waals surface area (Å²) in [4.78, 5) is 25.8. The van der Waals surface area contributed by atoms with E-state index in [1.54, 1.807) is 12.1 Å². The van der Waals surface area contributed by atoms with Gasteiger partial charge in [0.2, 0.25) is 0 Å². The molecular formula is C22H35N4O3+. The third-order valence-corrected chi connectivity index (χ3v) is 6.20. The van der Waals surface area contributed by atoms with Crippen LogP contribution in [0.3, 0.4) is 0 Å². The number of nitro benzene ring substituents is 1. The van der Waals surface area contributed by atoms with Gasteiger partial charge in [-0.1, -0.05) is 19.3 Å². The van der Waals surface area contributed by atoms with Crippen molar-refractivity contribution in [2.45, 2.75) is 70.3 Å². The number of hydrogen-bond acceptors (Lipinski definition) is 4. The van der Waals surface area contributed by atoms with Crippen LogP contribution >= 0.6 is 0 Å². The zero-order valence-corrected chi connectivity index (χ0v) is 17.4. The van der Waals surface area contributed by atoms with Crippen LogP contribution in [-0.2, 0) is 0 Å². The van der Waals surface area contributed by atoms with Gasteiger partial charge >= 0.3 is 0 Å². The number of carbonyl (C=O) groups excluding carboxylic acids is 1. The van der Waals surface area contributed by atoms with Crippen LogP contribution in [0.2, 0.25) is 0 Å². The first-order valence-electron chi connectivity index (χ1n) is 11.3. The van der Waals surface area contributed by atoms with Crippen LogP contribution in [0.25, 0.3) is 0 Å². The second kappa shape index (κ2) is 11.1. The second-order valence-corrected chi connectivity index (χ2v) is 8.39. The van der Waals surface area contributed by atoms with Crippen molar-refractivity contribution in [1.82, 2.24) is 5.32 Å². The number of rotatable bonds is 8. The van der Waals surface area contributed by atoms with E-state index in [4.69, 9.17) is 0 Å². The van der Waals surface area contributed by atoms with Crippen molar-refractivity contribution < 1.29 is 15.0 Å². The minimum Gasteiger partial charge on any atom is -0.366 e. The fraction of sp³-hybridized carbons (Fsp3) is 0.682. The number of anilines is 1. The van der Waals surface area contributed by atoms with Gasteiger partial charge in [0.25, 0.3) is 11.6 Å². The zero-order valence-electron chi connectivity index (χ0n) is 17.4. The van der Waals surface area contributed by atoms with E-state index in [-0.39, 0.29) is 16.5 Å². The number of nitrogens with zero attached hydrogens (tertiary/aromatic N) is 2. The summed E-state index contributed by atoms with van der Waals surface area (Å²) in [5, 5.41) is 16.9. The lowest BCUT2D eigenvalue weighted by molar-refractivity contribution is -0.691. The number of carbonyl (C=O) groups is 1. The Labute approximate surface area is 173 Å². The summed E-state index contributed by atoms with van der Waals surface area (Å²) in [5.41, 5.74) is 1.03. The first-order valence-corrected chi connectivity index (χ1v) is 11.3. The van der Waals surface area contributed by atoms with Gasteiger partial charge in [-0.2, -0.15) is 0 Å². The van der Waals surface area contributed by atoms with Gasteiger partial charge in [-0.25, -0.2) is 0 Å². The Balaban J connectivity index is 1.51. The highest BCUT2D eigenvalue weighted by molar-refractivity contribution is 5.95. The Morgan fingerprint density at radius 1 is 1.10 bits per heavy atom. The minimum atomic E-state index is -0.365. The number of nitrogens with one attached hydrogen (secondary N) is 1. The molecule has 1 aliphatic heterocycles. The molecule has 1 aromatic rings. The van der Waals surface area contributed by atoms with Gasteiger partial charge in [0.1, 0.15) is 5.69 Å². The topological polar surface area (TPSA) is 92.1 Å². The van der Waals surface area contributed by atoms with Gasteiger partial charge < -0.3 is 15.5 Å². The van der Waals surface area contributed by atoms with Crippen LogP contribution in [0.15, 0.2) is 18.2 Å². The smallest absolute Gasteiger partial charge is 0.293 e. The third-order valence-electron chi connectivity index (χ3n) is 6.20. The van der Waals surface area contributed by atoms with Crippen molar-refractivity contribution in [3.63, 3.8) is 0 Å². The molecule has 2 aliphatic rings. The Morgan fingerprint density at radius 2 is 1.79 bits per heavy atom. The molecule has 3 N–H and O–H groups in total. The molecule has 1 heterocycles. The van der Waals surface area contributed by atoms with E-state index in [9.17, 15) is 14.9 Å². The van der Waals surface area contributed by atoms with E-state index in [1.807, 2.05) is 0 Å². The molecule has 7 heteroatoms. The Bertz CT molecular complexity index is 681. The number of nitrogens with two attached hydrogens (primary N) is 1. The molecule has 1 amide bonds. The summed E-state index contributed by atoms with van der Waals surface area (Å²) in [7, 11) is 0. The van der Waals surface area contributed by atoms with Gasteiger partial charge in [-0.15, -0.1) is 0 Å². The highest BCUT2D eigenvalue weighted by Gasteiger charge is 2.22. The van der Waals surface area contributed by atoms with E-state index in [1.165, 1.54) is 51.0 Å². The predicted octanol–water partition coefficient (Wildman–Crippen LogP) is 2.99. The number of amides is 1. The summed E-state index contributed by atoms with van der Waals surface area (Å²) in [6.45, 7) is 3.29. The SMILES string of the molecule is O=C(NCCC[NH2+]C1CCCCC1)c1ccc(N2CCCCCC2)c([N+](=O)[O-])c1. The van der Waals surface area contributed by atoms with E-state index < -0.39 is 0 Å². The van der Waals surface area contributed by atoms with Crippen LogP contribution in [0.5, 0.6) is 0 Å². The van der Waals surface area contributed by atoms with Gasteiger partial charge in [0, 0.05) is 37.7 Å². The van der Waals surface area contributed by atoms with Crippen molar-refractivity contribution in [2.75, 3.05) is 31.1 Å². The van der Waals surface area contributed by atoms with Crippen molar-refractivity contribution in [3.05, 3.63) is 33.9 Å². The molecule has 1 aromatic carbocycles. The summed E-state index contributed by atoms with van der Waals surface area (Å²) in [5.74, 6) is -0.229. The van der Waals surface area contributed by atoms with Crippen molar-refractivity contribution >= 4 is 17.3 Å². The van der Waals surface area contributed by atoms with Crippen LogP contribution in [0, 0.1) is 10.1 Å². The van der Waals surface area contributed by atoms with Crippen LogP contribution < -0.4 is 15.5 Å². The molecule has 160 valence electrons. The lowest BCUT2D eigenvalue weighted by Crippen LogP contribution is -2.90. The highest BCUT2D eigenvalue weighted by Crippen LogP contribution is 2.31. The Morgan fingerprint density at radius 3 is 2.48 bits per heavy atom. The maximum absolute atomic E-state index is 12.5. The quantitative estimate of drug-likeness (QED) is 0.396. The van der Waals surface area contributed by atoms with Gasteiger partial charge in [-0.05, 0) is 50.7 Å². The first-order chi connectivity index (χ1) is 14.1. The molecule has 1 saturated heterocycles. The number of nitro groups is 1. The van der Waals surface area contributed by atoms with Crippen molar-refractivity contribution in [1.29, 1.82) is 0 Å². The van der Waals surface area contributed by atoms with Crippen molar-refractivity contribution in [3.8, 4) is 0 Å². The highest BCUT2D eigenvalue weighted by atomic mass is 16.6. The van der Waals surface area contributed by atoms with E-state index in [2.05, 4.69) is 15.5 Å². The van der Waals surface area contributed by atoms with E-state index >= 15 is 0 Å². The lowest BCUT2D eigenvalue weighted by Gasteiger charge is -2.22. The molecule has 1 saturated carbocycles. The standard InChI is InChI=1S/C22H34N4O3/c27-22(24-14-8-13-23-19-9-4-3-5-10-19)18-11-12-20(21(17-18)26(28)29)25-15-6-1-2-7-16-25/h11-12,17,19,23H,1-10,13-16H2,(H,24,27)/p+1. The molecule has 0 spiro atoms. The summed E-state index contributed by atoms with van der Waals surface area (Å²) >= 11 is 0. The number of quaternary nitrogens is 1.